The number of anilines is 1. The molecular formula is C13H15N3S. The largest absolute Gasteiger partial charge is 0.339 e. The maximum absolute atomic E-state index is 4.50. The van der Waals surface area contributed by atoms with Gasteiger partial charge in [0.25, 0.3) is 0 Å². The van der Waals surface area contributed by atoms with Crippen LogP contribution >= 0.6 is 11.3 Å². The Morgan fingerprint density at radius 1 is 1.29 bits per heavy atom. The van der Waals surface area contributed by atoms with Crippen LogP contribution in [0.3, 0.4) is 0 Å². The molecule has 0 bridgehead atoms. The monoisotopic (exact) mass is 245 g/mol. The van der Waals surface area contributed by atoms with Crippen LogP contribution in [0, 0.1) is 0 Å². The van der Waals surface area contributed by atoms with E-state index in [0.717, 1.165) is 24.8 Å². The highest BCUT2D eigenvalue weighted by Crippen LogP contribution is 2.30. The Morgan fingerprint density at radius 2 is 2.00 bits per heavy atom. The summed E-state index contributed by atoms with van der Waals surface area (Å²) >= 11 is 1.78. The van der Waals surface area contributed by atoms with Gasteiger partial charge in [-0.3, -0.25) is 0 Å². The third kappa shape index (κ3) is 2.06. The quantitative estimate of drug-likeness (QED) is 0.900. The molecule has 0 atom stereocenters. The van der Waals surface area contributed by atoms with E-state index in [0.29, 0.717) is 0 Å². The zero-order valence-corrected chi connectivity index (χ0v) is 10.6. The summed E-state index contributed by atoms with van der Waals surface area (Å²) in [7, 11) is 1.96. The molecule has 1 aromatic carbocycles. The van der Waals surface area contributed by atoms with Gasteiger partial charge >= 0.3 is 0 Å². The van der Waals surface area contributed by atoms with Gasteiger partial charge in [0.15, 0.2) is 5.13 Å². The Balaban J connectivity index is 1.79. The third-order valence-electron chi connectivity index (χ3n) is 3.00. The van der Waals surface area contributed by atoms with E-state index in [-0.39, 0.29) is 0 Å². The highest BCUT2D eigenvalue weighted by Gasteiger charge is 2.20. The molecule has 2 heterocycles. The summed E-state index contributed by atoms with van der Waals surface area (Å²) in [6.07, 6.45) is 1.97. The number of hydrogen-bond donors (Lipinski definition) is 1. The lowest BCUT2D eigenvalue weighted by atomic mass is 10.1. The molecule has 3 nitrogen and oxygen atoms in total. The minimum absolute atomic E-state index is 0.901. The molecular weight excluding hydrogens is 230 g/mol. The van der Waals surface area contributed by atoms with Gasteiger partial charge in [-0.15, -0.1) is 11.3 Å². The minimum atomic E-state index is 0.901. The lowest BCUT2D eigenvalue weighted by Crippen LogP contribution is -2.13. The molecule has 0 unspecified atom stereocenters. The summed E-state index contributed by atoms with van der Waals surface area (Å²) in [5, 5.41) is 4.29. The van der Waals surface area contributed by atoms with E-state index in [1.54, 1.807) is 11.3 Å². The smallest absolute Gasteiger partial charge is 0.186 e. The number of benzene rings is 1. The number of rotatable bonds is 3. The van der Waals surface area contributed by atoms with Crippen molar-refractivity contribution in [2.45, 2.75) is 19.6 Å². The van der Waals surface area contributed by atoms with Gasteiger partial charge in [-0.05, 0) is 18.2 Å². The molecule has 1 N–H and O–H groups in total. The Kier molecular flexibility index (Phi) is 2.82. The molecule has 88 valence electrons. The van der Waals surface area contributed by atoms with Crippen molar-refractivity contribution < 1.29 is 0 Å². The Morgan fingerprint density at radius 3 is 2.65 bits per heavy atom. The summed E-state index contributed by atoms with van der Waals surface area (Å²) in [5.74, 6) is 0. The van der Waals surface area contributed by atoms with Crippen LogP contribution in [0.1, 0.15) is 16.0 Å². The first-order chi connectivity index (χ1) is 8.36. The number of aromatic nitrogens is 1. The van der Waals surface area contributed by atoms with E-state index < -0.39 is 0 Å². The molecule has 4 heteroatoms. The first-order valence-corrected chi connectivity index (χ1v) is 6.59. The molecule has 0 saturated carbocycles. The first-order valence-electron chi connectivity index (χ1n) is 5.78. The molecule has 0 saturated heterocycles. The lowest BCUT2D eigenvalue weighted by molar-refractivity contribution is 0.829. The fourth-order valence-corrected chi connectivity index (χ4v) is 3.09. The van der Waals surface area contributed by atoms with Gasteiger partial charge in [0.1, 0.15) is 0 Å². The highest BCUT2D eigenvalue weighted by atomic mass is 32.1. The van der Waals surface area contributed by atoms with Crippen molar-refractivity contribution >= 4 is 16.5 Å². The average molecular weight is 245 g/mol. The fourth-order valence-electron chi connectivity index (χ4n) is 2.17. The summed E-state index contributed by atoms with van der Waals surface area (Å²) in [6, 6.07) is 8.63. The average Bonchev–Trinajstić information content (AvgIpc) is 2.94. The summed E-state index contributed by atoms with van der Waals surface area (Å²) < 4.78 is 0. The fraction of sp³-hybridized carbons (Fsp3) is 0.308. The second-order valence-corrected chi connectivity index (χ2v) is 5.36. The molecule has 3 rings (SSSR count). The van der Waals surface area contributed by atoms with Crippen LogP contribution in [0.4, 0.5) is 5.13 Å². The molecule has 1 aliphatic heterocycles. The maximum Gasteiger partial charge on any atom is 0.186 e. The van der Waals surface area contributed by atoms with Crippen LogP contribution in [0.5, 0.6) is 0 Å². The Labute approximate surface area is 105 Å². The second-order valence-electron chi connectivity index (χ2n) is 4.26. The van der Waals surface area contributed by atoms with Crippen LogP contribution < -0.4 is 10.2 Å². The Hall–Kier alpha value is -1.39. The number of fused-ring (bicyclic) bond motifs is 1. The van der Waals surface area contributed by atoms with Crippen molar-refractivity contribution in [1.82, 2.24) is 10.3 Å². The van der Waals surface area contributed by atoms with Crippen molar-refractivity contribution in [3.05, 3.63) is 46.5 Å². The standard InChI is InChI=1S/C13H15N3S/c1-14-6-12-7-15-13(17-12)16-8-10-4-2-3-5-11(10)9-16/h2-5,7,14H,6,8-9H2,1H3. The second kappa shape index (κ2) is 4.47. The van der Waals surface area contributed by atoms with Crippen molar-refractivity contribution in [3.8, 4) is 0 Å². The molecule has 0 fully saturated rings. The minimum Gasteiger partial charge on any atom is -0.339 e. The van der Waals surface area contributed by atoms with E-state index in [9.17, 15) is 0 Å². The zero-order chi connectivity index (χ0) is 11.7. The highest BCUT2D eigenvalue weighted by molar-refractivity contribution is 7.15. The van der Waals surface area contributed by atoms with E-state index in [1.807, 2.05) is 13.2 Å². The van der Waals surface area contributed by atoms with Gasteiger partial charge in [-0.25, -0.2) is 4.98 Å². The molecule has 17 heavy (non-hydrogen) atoms. The molecule has 2 aromatic rings. The molecule has 0 amide bonds. The normalized spacial score (nSPS) is 14.1. The molecule has 0 spiro atoms. The van der Waals surface area contributed by atoms with Gasteiger partial charge in [0, 0.05) is 30.7 Å². The zero-order valence-electron chi connectivity index (χ0n) is 9.81. The van der Waals surface area contributed by atoms with Crippen molar-refractivity contribution in [2.24, 2.45) is 0 Å². The molecule has 0 aliphatic carbocycles. The topological polar surface area (TPSA) is 28.2 Å². The van der Waals surface area contributed by atoms with Crippen LogP contribution in [0.15, 0.2) is 30.5 Å². The summed E-state index contributed by atoms with van der Waals surface area (Å²) in [6.45, 7) is 2.88. The number of nitrogens with zero attached hydrogens (tertiary/aromatic N) is 2. The van der Waals surface area contributed by atoms with Crippen molar-refractivity contribution in [2.75, 3.05) is 11.9 Å². The van der Waals surface area contributed by atoms with Gasteiger partial charge in [0.05, 0.1) is 0 Å². The van der Waals surface area contributed by atoms with Gasteiger partial charge in [-0.2, -0.15) is 0 Å². The van der Waals surface area contributed by atoms with E-state index in [2.05, 4.69) is 39.5 Å². The molecule has 1 aliphatic rings. The predicted octanol–water partition coefficient (Wildman–Crippen LogP) is 2.38. The van der Waals surface area contributed by atoms with Crippen LogP contribution in [-0.4, -0.2) is 12.0 Å². The predicted molar refractivity (Wildman–Crippen MR) is 71.2 cm³/mol. The van der Waals surface area contributed by atoms with Crippen molar-refractivity contribution in [3.63, 3.8) is 0 Å². The molecule has 0 radical (unpaired) electrons. The number of hydrogen-bond acceptors (Lipinski definition) is 4. The van der Waals surface area contributed by atoms with Gasteiger partial charge in [0.2, 0.25) is 0 Å². The summed E-state index contributed by atoms with van der Waals surface area (Å²) in [5.41, 5.74) is 2.86. The maximum atomic E-state index is 4.50. The van der Waals surface area contributed by atoms with Crippen LogP contribution in [0.25, 0.3) is 0 Å². The van der Waals surface area contributed by atoms with E-state index >= 15 is 0 Å². The third-order valence-corrected chi connectivity index (χ3v) is 4.06. The van der Waals surface area contributed by atoms with Crippen LogP contribution in [-0.2, 0) is 19.6 Å². The van der Waals surface area contributed by atoms with Gasteiger partial charge in [-0.1, -0.05) is 24.3 Å². The van der Waals surface area contributed by atoms with E-state index in [4.69, 9.17) is 0 Å². The summed E-state index contributed by atoms with van der Waals surface area (Å²) in [4.78, 5) is 8.14. The molecule has 1 aromatic heterocycles. The van der Waals surface area contributed by atoms with Crippen molar-refractivity contribution in [1.29, 1.82) is 0 Å². The van der Waals surface area contributed by atoms with E-state index in [1.165, 1.54) is 16.0 Å². The lowest BCUT2D eigenvalue weighted by Gasteiger charge is -2.12. The number of thiazole rings is 1. The first kappa shape index (κ1) is 10.7. The Bertz CT molecular complexity index is 496. The SMILES string of the molecule is CNCc1cnc(N2Cc3ccccc3C2)s1. The van der Waals surface area contributed by atoms with Crippen LogP contribution in [0.2, 0.25) is 0 Å². The van der Waals surface area contributed by atoms with Gasteiger partial charge < -0.3 is 10.2 Å². The number of nitrogens with one attached hydrogen (secondary N) is 1.